The number of oxime groups is 1. The fourth-order valence-electron chi connectivity index (χ4n) is 7.57. The second kappa shape index (κ2) is 7.81. The molecule has 4 rings (SSSR count). The van der Waals surface area contributed by atoms with Crippen LogP contribution in [-0.2, 0) is 9.63 Å². The highest BCUT2D eigenvalue weighted by Crippen LogP contribution is 2.66. The van der Waals surface area contributed by atoms with Crippen LogP contribution in [0.2, 0.25) is 0 Å². The molecule has 5 heteroatoms. The van der Waals surface area contributed by atoms with E-state index in [1.54, 1.807) is 6.92 Å². The van der Waals surface area contributed by atoms with Gasteiger partial charge in [-0.2, -0.15) is 0 Å². The monoisotopic (exact) mass is 403 g/mol. The summed E-state index contributed by atoms with van der Waals surface area (Å²) in [6, 6.07) is 0. The molecule has 0 bridgehead atoms. The van der Waals surface area contributed by atoms with E-state index in [0.29, 0.717) is 17.6 Å². The normalized spacial score (nSPS) is 43.8. The Morgan fingerprint density at radius 1 is 1.21 bits per heavy atom. The van der Waals surface area contributed by atoms with Gasteiger partial charge in [0.25, 0.3) is 0 Å². The minimum atomic E-state index is -0.877. The summed E-state index contributed by atoms with van der Waals surface area (Å²) in [6.07, 6.45) is 10.5. The predicted octanol–water partition coefficient (Wildman–Crippen LogP) is 3.88. The van der Waals surface area contributed by atoms with Gasteiger partial charge in [-0.25, -0.2) is 0 Å². The molecule has 0 radical (unpaired) electrons. The molecule has 0 aromatic carbocycles. The Balaban J connectivity index is 1.51. The first-order valence-electron chi connectivity index (χ1n) is 11.5. The molecule has 0 amide bonds. The molecule has 0 heterocycles. The van der Waals surface area contributed by atoms with Crippen LogP contribution in [0.1, 0.15) is 72.1 Å². The first kappa shape index (κ1) is 21.0. The summed E-state index contributed by atoms with van der Waals surface area (Å²) in [7, 11) is 0. The van der Waals surface area contributed by atoms with Gasteiger partial charge in [0.2, 0.25) is 0 Å². The number of hydrogen-bond acceptors (Lipinski definition) is 5. The van der Waals surface area contributed by atoms with Gasteiger partial charge >= 0.3 is 0 Å². The van der Waals surface area contributed by atoms with E-state index in [4.69, 9.17) is 9.94 Å². The fraction of sp³-hybridized carbons (Fsp3) is 0.833. The number of fused-ring (bicyclic) bond motifs is 5. The summed E-state index contributed by atoms with van der Waals surface area (Å²) >= 11 is 0. The van der Waals surface area contributed by atoms with Gasteiger partial charge in [-0.3, -0.25) is 4.79 Å². The van der Waals surface area contributed by atoms with E-state index < -0.39 is 6.10 Å². The number of Topliss-reactive ketones (excluding diaryl/α,β-unsaturated/α-hetero) is 1. The lowest BCUT2D eigenvalue weighted by atomic mass is 9.46. The topological polar surface area (TPSA) is 79.1 Å². The van der Waals surface area contributed by atoms with Crippen molar-refractivity contribution in [3.05, 3.63) is 11.6 Å². The fourth-order valence-corrected chi connectivity index (χ4v) is 7.57. The van der Waals surface area contributed by atoms with Crippen LogP contribution < -0.4 is 0 Å². The van der Waals surface area contributed by atoms with Crippen LogP contribution in [0.3, 0.4) is 0 Å². The second-order valence-electron chi connectivity index (χ2n) is 10.5. The zero-order valence-electron chi connectivity index (χ0n) is 18.2. The highest BCUT2D eigenvalue weighted by atomic mass is 16.6. The van der Waals surface area contributed by atoms with Crippen molar-refractivity contribution in [1.82, 2.24) is 0 Å². The van der Waals surface area contributed by atoms with Crippen molar-refractivity contribution in [2.45, 2.75) is 78.2 Å². The van der Waals surface area contributed by atoms with Crippen molar-refractivity contribution in [2.75, 3.05) is 13.2 Å². The van der Waals surface area contributed by atoms with Gasteiger partial charge in [0, 0.05) is 5.92 Å². The zero-order valence-corrected chi connectivity index (χ0v) is 18.2. The van der Waals surface area contributed by atoms with Gasteiger partial charge in [0.1, 0.15) is 18.5 Å². The van der Waals surface area contributed by atoms with Crippen LogP contribution in [0.15, 0.2) is 16.8 Å². The number of carbonyl (C=O) groups is 1. The highest BCUT2D eigenvalue weighted by Gasteiger charge is 2.59. The predicted molar refractivity (Wildman–Crippen MR) is 112 cm³/mol. The maximum absolute atomic E-state index is 12.3. The Labute approximate surface area is 174 Å². The van der Waals surface area contributed by atoms with Gasteiger partial charge in [-0.1, -0.05) is 24.6 Å². The summed E-state index contributed by atoms with van der Waals surface area (Å²) in [4.78, 5) is 17.5. The lowest BCUT2D eigenvalue weighted by Gasteiger charge is -2.58. The van der Waals surface area contributed by atoms with E-state index in [-0.39, 0.29) is 30.0 Å². The summed E-state index contributed by atoms with van der Waals surface area (Å²) < 4.78 is 0. The zero-order chi connectivity index (χ0) is 20.8. The average molecular weight is 404 g/mol. The van der Waals surface area contributed by atoms with E-state index >= 15 is 0 Å². The number of nitrogens with zero attached hydrogens (tertiary/aromatic N) is 1. The molecule has 1 unspecified atom stereocenters. The molecule has 7 atom stereocenters. The molecule has 0 saturated heterocycles. The number of aliphatic hydroxyl groups is 2. The molecule has 0 aromatic heterocycles. The smallest absolute Gasteiger partial charge is 0.145 e. The molecule has 4 aliphatic carbocycles. The van der Waals surface area contributed by atoms with Crippen LogP contribution in [0, 0.1) is 34.5 Å². The molecular formula is C24H37NO4. The number of carbonyl (C=O) groups excluding carboxylic acids is 1. The number of aliphatic hydroxyl groups excluding tert-OH is 2. The molecule has 3 fully saturated rings. The number of hydrogen-bond donors (Lipinski definition) is 2. The van der Waals surface area contributed by atoms with Crippen LogP contribution in [-0.4, -0.2) is 41.0 Å². The lowest BCUT2D eigenvalue weighted by Crippen LogP contribution is -2.51. The van der Waals surface area contributed by atoms with Gasteiger partial charge in [0.05, 0.1) is 12.3 Å². The van der Waals surface area contributed by atoms with Crippen molar-refractivity contribution in [1.29, 1.82) is 0 Å². The van der Waals surface area contributed by atoms with E-state index in [0.717, 1.165) is 37.3 Å². The standard InChI is InChI=1S/C24H37NO4/c1-15(27)20-6-7-21-19-5-4-16-12-17(25-29-14-18(28)13-26)8-10-23(16,2)22(19)9-11-24(20,21)3/h12,18-22,26,28H,4-11,13-14H2,1-3H3/b25-17+/t18?,19-,20+,21-,22-,23-,24+/m0/s1. The van der Waals surface area contributed by atoms with E-state index in [9.17, 15) is 9.90 Å². The van der Waals surface area contributed by atoms with Gasteiger partial charge in [0.15, 0.2) is 0 Å². The van der Waals surface area contributed by atoms with Crippen molar-refractivity contribution in [3.8, 4) is 0 Å². The molecule has 4 aliphatic rings. The van der Waals surface area contributed by atoms with E-state index in [1.807, 2.05) is 0 Å². The second-order valence-corrected chi connectivity index (χ2v) is 10.5. The molecule has 3 saturated carbocycles. The van der Waals surface area contributed by atoms with Gasteiger partial charge < -0.3 is 15.1 Å². The molecule has 0 spiro atoms. The van der Waals surface area contributed by atoms with Gasteiger partial charge in [-0.15, -0.1) is 0 Å². The minimum Gasteiger partial charge on any atom is -0.394 e. The molecule has 0 aromatic rings. The van der Waals surface area contributed by atoms with Crippen molar-refractivity contribution >= 4 is 11.5 Å². The van der Waals surface area contributed by atoms with Crippen molar-refractivity contribution < 1.29 is 19.8 Å². The third-order valence-electron chi connectivity index (χ3n) is 9.13. The molecule has 0 aliphatic heterocycles. The third kappa shape index (κ3) is 3.48. The van der Waals surface area contributed by atoms with E-state index in [2.05, 4.69) is 25.1 Å². The maximum Gasteiger partial charge on any atom is 0.145 e. The first-order valence-corrected chi connectivity index (χ1v) is 11.5. The largest absolute Gasteiger partial charge is 0.394 e. The summed E-state index contributed by atoms with van der Waals surface area (Å²) in [5.41, 5.74) is 2.93. The Kier molecular flexibility index (Phi) is 5.67. The average Bonchev–Trinajstić information content (AvgIpc) is 3.05. The highest BCUT2D eigenvalue weighted by molar-refractivity contribution is 5.96. The van der Waals surface area contributed by atoms with Gasteiger partial charge in [-0.05, 0) is 93.0 Å². The van der Waals surface area contributed by atoms with Crippen molar-refractivity contribution in [2.24, 2.45) is 39.7 Å². The minimum absolute atomic E-state index is 0.0305. The SMILES string of the molecule is CC(=O)[C@H]1CC[C@H]2[C@@H]3CCC4=C/C(=N/OCC(O)CO)CC[C@]4(C)[C@H]3CC[C@]12C. The number of rotatable bonds is 5. The summed E-state index contributed by atoms with van der Waals surface area (Å²) in [5.74, 6) is 2.84. The molecule has 29 heavy (non-hydrogen) atoms. The first-order chi connectivity index (χ1) is 13.8. The third-order valence-corrected chi connectivity index (χ3v) is 9.13. The Hall–Kier alpha value is -1.20. The van der Waals surface area contributed by atoms with Crippen molar-refractivity contribution in [3.63, 3.8) is 0 Å². The summed E-state index contributed by atoms with van der Waals surface area (Å²) in [5, 5.41) is 22.5. The molecule has 162 valence electrons. The quantitative estimate of drug-likeness (QED) is 0.683. The van der Waals surface area contributed by atoms with Crippen LogP contribution >= 0.6 is 0 Å². The lowest BCUT2D eigenvalue weighted by molar-refractivity contribution is -0.127. The van der Waals surface area contributed by atoms with E-state index in [1.165, 1.54) is 31.3 Å². The Bertz CT molecular complexity index is 716. The molecule has 5 nitrogen and oxygen atoms in total. The van der Waals surface area contributed by atoms with Crippen LogP contribution in [0.25, 0.3) is 0 Å². The Morgan fingerprint density at radius 3 is 2.72 bits per heavy atom. The molecule has 2 N–H and O–H groups in total. The van der Waals surface area contributed by atoms with Crippen LogP contribution in [0.4, 0.5) is 0 Å². The summed E-state index contributed by atoms with van der Waals surface area (Å²) in [6.45, 7) is 6.39. The Morgan fingerprint density at radius 2 is 2.00 bits per heavy atom. The molecular weight excluding hydrogens is 366 g/mol. The van der Waals surface area contributed by atoms with Crippen LogP contribution in [0.5, 0.6) is 0 Å². The number of allylic oxidation sites excluding steroid dienone is 2. The number of ketones is 1. The maximum atomic E-state index is 12.3.